The summed E-state index contributed by atoms with van der Waals surface area (Å²) in [5.74, 6) is -1.05. The zero-order valence-electron chi connectivity index (χ0n) is 13.5. The molecule has 1 aliphatic rings. The highest BCUT2D eigenvalue weighted by molar-refractivity contribution is 6.09. The average molecular weight is 322 g/mol. The summed E-state index contributed by atoms with van der Waals surface area (Å²) in [4.78, 5) is 39.5. The van der Waals surface area contributed by atoms with E-state index in [9.17, 15) is 14.4 Å². The maximum atomic E-state index is 12.2. The van der Waals surface area contributed by atoms with Crippen molar-refractivity contribution in [1.29, 1.82) is 0 Å². The van der Waals surface area contributed by atoms with Crippen molar-refractivity contribution in [3.05, 3.63) is 24.4 Å². The Labute approximate surface area is 134 Å². The molecule has 0 aromatic heterocycles. The SMILES string of the molecule is C=C/C(=C\N=C/N)C1(CCC(=O)OC(C)(C)C)NC(=O)NC1=O. The number of nitrogens with zero attached hydrogens (tertiary/aromatic N) is 1. The highest BCUT2D eigenvalue weighted by atomic mass is 16.6. The Bertz CT molecular complexity index is 575. The lowest BCUT2D eigenvalue weighted by Crippen LogP contribution is -2.48. The van der Waals surface area contributed by atoms with Crippen LogP contribution in [0.3, 0.4) is 0 Å². The number of urea groups is 1. The van der Waals surface area contributed by atoms with E-state index in [1.807, 2.05) is 0 Å². The lowest BCUT2D eigenvalue weighted by Gasteiger charge is -2.27. The standard InChI is InChI=1S/C15H22N4O4/c1-5-10(8-17-9-16)15(12(21)18-13(22)19-15)7-6-11(20)23-14(2,3)4/h5,8-9H,1,6-7H2,2-4H3,(H2,16,17)(H2,18,19,21,22)/b10-8+. The number of ether oxygens (including phenoxy) is 1. The number of hydrogen-bond acceptors (Lipinski definition) is 5. The van der Waals surface area contributed by atoms with Crippen molar-refractivity contribution in [1.82, 2.24) is 10.6 Å². The Morgan fingerprint density at radius 3 is 2.52 bits per heavy atom. The number of esters is 1. The number of rotatable bonds is 6. The lowest BCUT2D eigenvalue weighted by molar-refractivity contribution is -0.155. The van der Waals surface area contributed by atoms with Crippen LogP contribution in [0, 0.1) is 0 Å². The van der Waals surface area contributed by atoms with Crippen LogP contribution < -0.4 is 16.4 Å². The number of hydrogen-bond donors (Lipinski definition) is 3. The van der Waals surface area contributed by atoms with Gasteiger partial charge in [0.2, 0.25) is 0 Å². The number of amides is 3. The molecule has 0 saturated carbocycles. The fourth-order valence-electron chi connectivity index (χ4n) is 2.16. The van der Waals surface area contributed by atoms with Gasteiger partial charge in [0, 0.05) is 18.2 Å². The van der Waals surface area contributed by atoms with Gasteiger partial charge < -0.3 is 15.8 Å². The predicted molar refractivity (Wildman–Crippen MR) is 85.4 cm³/mol. The molecule has 0 aromatic carbocycles. The monoisotopic (exact) mass is 322 g/mol. The van der Waals surface area contributed by atoms with Crippen LogP contribution in [0.15, 0.2) is 29.4 Å². The molecule has 8 heteroatoms. The number of carbonyl (C=O) groups is 3. The van der Waals surface area contributed by atoms with E-state index in [-0.39, 0.29) is 12.8 Å². The molecule has 1 rings (SSSR count). The Kier molecular flexibility index (Phi) is 5.67. The molecule has 1 saturated heterocycles. The fourth-order valence-corrected chi connectivity index (χ4v) is 2.16. The second kappa shape index (κ2) is 7.08. The van der Waals surface area contributed by atoms with Gasteiger partial charge in [-0.2, -0.15) is 0 Å². The molecule has 8 nitrogen and oxygen atoms in total. The third-order valence-electron chi connectivity index (χ3n) is 3.08. The van der Waals surface area contributed by atoms with E-state index < -0.39 is 29.0 Å². The van der Waals surface area contributed by atoms with Gasteiger partial charge in [-0.05, 0) is 27.2 Å². The number of aliphatic imine (C=N–C) groups is 1. The van der Waals surface area contributed by atoms with Crippen LogP contribution in [0.1, 0.15) is 33.6 Å². The minimum atomic E-state index is -1.43. The van der Waals surface area contributed by atoms with Gasteiger partial charge in [0.1, 0.15) is 11.1 Å². The third-order valence-corrected chi connectivity index (χ3v) is 3.08. The van der Waals surface area contributed by atoms with E-state index >= 15 is 0 Å². The molecular weight excluding hydrogens is 300 g/mol. The summed E-state index contributed by atoms with van der Waals surface area (Å²) in [6, 6.07) is -0.649. The van der Waals surface area contributed by atoms with E-state index in [1.165, 1.54) is 12.3 Å². The first kappa shape index (κ1) is 18.4. The Morgan fingerprint density at radius 2 is 2.09 bits per heavy atom. The molecule has 0 aromatic rings. The maximum Gasteiger partial charge on any atom is 0.322 e. The molecule has 126 valence electrons. The number of carbonyl (C=O) groups excluding carboxylic acids is 3. The third kappa shape index (κ3) is 4.67. The zero-order valence-corrected chi connectivity index (χ0v) is 13.5. The highest BCUT2D eigenvalue weighted by Gasteiger charge is 2.48. The molecular formula is C15H22N4O4. The topological polar surface area (TPSA) is 123 Å². The van der Waals surface area contributed by atoms with Crippen LogP contribution >= 0.6 is 0 Å². The molecule has 4 N–H and O–H groups in total. The van der Waals surface area contributed by atoms with E-state index in [4.69, 9.17) is 10.5 Å². The predicted octanol–water partition coefficient (Wildman–Crippen LogP) is 0.743. The molecule has 1 atom stereocenters. The second-order valence-electron chi connectivity index (χ2n) is 5.99. The van der Waals surface area contributed by atoms with Gasteiger partial charge in [-0.15, -0.1) is 0 Å². The summed E-state index contributed by atoms with van der Waals surface area (Å²) in [6.07, 6.45) is 3.68. The molecule has 1 aliphatic heterocycles. The molecule has 1 fully saturated rings. The van der Waals surface area contributed by atoms with Crippen molar-refractivity contribution in [3.8, 4) is 0 Å². The first-order valence-electron chi connectivity index (χ1n) is 7.06. The normalized spacial score (nSPS) is 22.0. The van der Waals surface area contributed by atoms with Gasteiger partial charge in [0.25, 0.3) is 5.91 Å². The zero-order chi connectivity index (χ0) is 17.7. The second-order valence-corrected chi connectivity index (χ2v) is 5.99. The first-order valence-corrected chi connectivity index (χ1v) is 7.06. The Balaban J connectivity index is 3.03. The van der Waals surface area contributed by atoms with Gasteiger partial charge in [0.05, 0.1) is 6.34 Å². The minimum absolute atomic E-state index is 0.0113. The molecule has 0 bridgehead atoms. The van der Waals surface area contributed by atoms with Gasteiger partial charge in [-0.25, -0.2) is 9.79 Å². The lowest BCUT2D eigenvalue weighted by atomic mass is 9.85. The van der Waals surface area contributed by atoms with Crippen LogP contribution in [-0.4, -0.2) is 35.4 Å². The minimum Gasteiger partial charge on any atom is -0.460 e. The molecule has 23 heavy (non-hydrogen) atoms. The van der Waals surface area contributed by atoms with E-state index in [0.29, 0.717) is 5.57 Å². The first-order chi connectivity index (χ1) is 10.6. The van der Waals surface area contributed by atoms with Crippen molar-refractivity contribution in [3.63, 3.8) is 0 Å². The highest BCUT2D eigenvalue weighted by Crippen LogP contribution is 2.28. The molecule has 1 unspecified atom stereocenters. The molecule has 0 radical (unpaired) electrons. The van der Waals surface area contributed by atoms with Crippen molar-refractivity contribution in [2.75, 3.05) is 0 Å². The summed E-state index contributed by atoms with van der Waals surface area (Å²) in [5, 5.41) is 4.69. The molecule has 1 heterocycles. The van der Waals surface area contributed by atoms with E-state index in [1.54, 1.807) is 20.8 Å². The number of imide groups is 1. The van der Waals surface area contributed by atoms with E-state index in [0.717, 1.165) is 6.34 Å². The number of nitrogens with two attached hydrogens (primary N) is 1. The van der Waals surface area contributed by atoms with Crippen LogP contribution in [0.2, 0.25) is 0 Å². The van der Waals surface area contributed by atoms with Gasteiger partial charge in [-0.3, -0.25) is 14.9 Å². The maximum absolute atomic E-state index is 12.2. The van der Waals surface area contributed by atoms with Crippen molar-refractivity contribution >= 4 is 24.2 Å². The van der Waals surface area contributed by atoms with Gasteiger partial charge in [-0.1, -0.05) is 12.7 Å². The van der Waals surface area contributed by atoms with Crippen LogP contribution in [0.5, 0.6) is 0 Å². The van der Waals surface area contributed by atoms with E-state index in [2.05, 4.69) is 22.2 Å². The number of nitrogens with one attached hydrogen (secondary N) is 2. The van der Waals surface area contributed by atoms with Crippen molar-refractivity contribution < 1.29 is 19.1 Å². The van der Waals surface area contributed by atoms with Gasteiger partial charge >= 0.3 is 12.0 Å². The fraction of sp³-hybridized carbons (Fsp3) is 0.467. The average Bonchev–Trinajstić information content (AvgIpc) is 2.71. The van der Waals surface area contributed by atoms with Crippen molar-refractivity contribution in [2.24, 2.45) is 10.7 Å². The Morgan fingerprint density at radius 1 is 1.43 bits per heavy atom. The van der Waals surface area contributed by atoms with Crippen molar-refractivity contribution in [2.45, 2.75) is 44.8 Å². The Hall–Kier alpha value is -2.64. The molecule has 0 spiro atoms. The summed E-state index contributed by atoms with van der Waals surface area (Å²) in [5.41, 5.74) is 3.46. The largest absolute Gasteiger partial charge is 0.460 e. The quantitative estimate of drug-likeness (QED) is 0.219. The van der Waals surface area contributed by atoms with Crippen LogP contribution in [0.25, 0.3) is 0 Å². The summed E-state index contributed by atoms with van der Waals surface area (Å²) < 4.78 is 5.22. The molecule has 3 amide bonds. The molecule has 0 aliphatic carbocycles. The smallest absolute Gasteiger partial charge is 0.322 e. The summed E-state index contributed by atoms with van der Waals surface area (Å²) in [7, 11) is 0. The summed E-state index contributed by atoms with van der Waals surface area (Å²) in [6.45, 7) is 8.86. The van der Waals surface area contributed by atoms with Crippen LogP contribution in [-0.2, 0) is 14.3 Å². The summed E-state index contributed by atoms with van der Waals surface area (Å²) >= 11 is 0. The van der Waals surface area contributed by atoms with Crippen LogP contribution in [0.4, 0.5) is 4.79 Å². The van der Waals surface area contributed by atoms with Gasteiger partial charge in [0.15, 0.2) is 0 Å².